The lowest BCUT2D eigenvalue weighted by Crippen LogP contribution is -2.13. The van der Waals surface area contributed by atoms with Crippen LogP contribution in [0.4, 0.5) is 8.78 Å². The number of unbranched alkanes of at least 4 members (excludes halogenated alkanes) is 1. The molecular formula is C19H23F2N. The molecule has 1 aliphatic rings. The van der Waals surface area contributed by atoms with Gasteiger partial charge in [-0.1, -0.05) is 25.0 Å². The molecule has 0 bridgehead atoms. The Hall–Kier alpha value is -1.69. The van der Waals surface area contributed by atoms with Crippen molar-refractivity contribution >= 4 is 0 Å². The Kier molecular flexibility index (Phi) is 6.58. The van der Waals surface area contributed by atoms with Gasteiger partial charge in [0.15, 0.2) is 5.83 Å². The Labute approximate surface area is 131 Å². The van der Waals surface area contributed by atoms with Crippen LogP contribution in [0, 0.1) is 29.0 Å². The number of rotatable bonds is 6. The summed E-state index contributed by atoms with van der Waals surface area (Å²) in [5, 5.41) is 8.46. The van der Waals surface area contributed by atoms with E-state index in [1.54, 1.807) is 6.07 Å². The maximum Gasteiger partial charge on any atom is 0.196 e. The van der Waals surface area contributed by atoms with Gasteiger partial charge in [0.05, 0.1) is 0 Å². The first-order chi connectivity index (χ1) is 10.7. The van der Waals surface area contributed by atoms with Crippen molar-refractivity contribution in [2.75, 3.05) is 0 Å². The molecule has 1 saturated carbocycles. The van der Waals surface area contributed by atoms with Crippen LogP contribution in [0.15, 0.2) is 36.2 Å². The predicted molar refractivity (Wildman–Crippen MR) is 84.2 cm³/mol. The monoisotopic (exact) mass is 303 g/mol. The lowest BCUT2D eigenvalue weighted by atomic mass is 9.79. The van der Waals surface area contributed by atoms with Gasteiger partial charge in [-0.25, -0.2) is 4.39 Å². The van der Waals surface area contributed by atoms with Crippen LogP contribution in [0.3, 0.4) is 0 Å². The third-order valence-corrected chi connectivity index (χ3v) is 4.62. The zero-order valence-electron chi connectivity index (χ0n) is 12.9. The van der Waals surface area contributed by atoms with Gasteiger partial charge in [-0.2, -0.15) is 9.65 Å². The molecule has 3 heteroatoms. The number of aryl methyl sites for hydroxylation is 1. The van der Waals surface area contributed by atoms with Crippen molar-refractivity contribution in [2.45, 2.75) is 51.4 Å². The van der Waals surface area contributed by atoms with Crippen LogP contribution in [0.25, 0.3) is 0 Å². The van der Waals surface area contributed by atoms with Gasteiger partial charge in [-0.3, -0.25) is 0 Å². The number of hydrogen-bond donors (Lipinski definition) is 0. The highest BCUT2D eigenvalue weighted by atomic mass is 19.1. The summed E-state index contributed by atoms with van der Waals surface area (Å²) in [6.07, 6.45) is 10.3. The molecule has 1 aromatic carbocycles. The van der Waals surface area contributed by atoms with Crippen LogP contribution in [-0.2, 0) is 6.42 Å². The third kappa shape index (κ3) is 5.60. The molecule has 0 atom stereocenters. The molecule has 0 saturated heterocycles. The minimum absolute atomic E-state index is 0.178. The topological polar surface area (TPSA) is 23.8 Å². The van der Waals surface area contributed by atoms with Crippen molar-refractivity contribution in [3.8, 4) is 6.07 Å². The van der Waals surface area contributed by atoms with Gasteiger partial charge in [0.25, 0.3) is 0 Å². The fraction of sp³-hybridized carbons (Fsp3) is 0.526. The van der Waals surface area contributed by atoms with E-state index in [9.17, 15) is 8.78 Å². The first-order valence-corrected chi connectivity index (χ1v) is 8.19. The molecule has 0 aromatic heterocycles. The predicted octanol–water partition coefficient (Wildman–Crippen LogP) is 5.72. The molecule has 0 N–H and O–H groups in total. The average molecular weight is 303 g/mol. The largest absolute Gasteiger partial charge is 0.207 e. The van der Waals surface area contributed by atoms with E-state index in [1.165, 1.54) is 36.6 Å². The number of nitrogens with zero attached hydrogens (tertiary/aromatic N) is 1. The minimum Gasteiger partial charge on any atom is -0.207 e. The van der Waals surface area contributed by atoms with E-state index in [0.29, 0.717) is 0 Å². The van der Waals surface area contributed by atoms with Crippen LogP contribution < -0.4 is 0 Å². The van der Waals surface area contributed by atoms with E-state index in [-0.39, 0.29) is 11.7 Å². The molecule has 0 unspecified atom stereocenters. The molecule has 1 aliphatic carbocycles. The van der Waals surface area contributed by atoms with E-state index in [1.807, 2.05) is 12.1 Å². The lowest BCUT2D eigenvalue weighted by Gasteiger charge is -2.26. The zero-order valence-corrected chi connectivity index (χ0v) is 12.9. The Bertz CT molecular complexity index is 519. The zero-order chi connectivity index (χ0) is 15.8. The van der Waals surface area contributed by atoms with Crippen molar-refractivity contribution in [1.29, 1.82) is 5.26 Å². The highest BCUT2D eigenvalue weighted by Gasteiger charge is 2.20. The van der Waals surface area contributed by atoms with Gasteiger partial charge in [0.1, 0.15) is 11.9 Å². The molecule has 0 aliphatic heterocycles. The summed E-state index contributed by atoms with van der Waals surface area (Å²) in [6.45, 7) is 0. The van der Waals surface area contributed by atoms with Crippen molar-refractivity contribution in [1.82, 2.24) is 0 Å². The summed E-state index contributed by atoms with van der Waals surface area (Å²) in [4.78, 5) is 0. The van der Waals surface area contributed by atoms with Gasteiger partial charge >= 0.3 is 0 Å². The Morgan fingerprint density at radius 1 is 1.14 bits per heavy atom. The maximum absolute atomic E-state index is 12.9. The smallest absolute Gasteiger partial charge is 0.196 e. The Morgan fingerprint density at radius 3 is 2.45 bits per heavy atom. The normalized spacial score (nSPS) is 22.3. The molecule has 0 radical (unpaired) electrons. The number of nitriles is 1. The van der Waals surface area contributed by atoms with E-state index in [2.05, 4.69) is 0 Å². The SMILES string of the molecule is N#C/C(F)=C/C1CCC(CCCCc2ccc(F)cc2)CC1. The number of halogens is 2. The van der Waals surface area contributed by atoms with Crippen molar-refractivity contribution in [3.63, 3.8) is 0 Å². The lowest BCUT2D eigenvalue weighted by molar-refractivity contribution is 0.288. The summed E-state index contributed by atoms with van der Waals surface area (Å²) >= 11 is 0. The molecule has 0 amide bonds. The second-order valence-electron chi connectivity index (χ2n) is 6.28. The highest BCUT2D eigenvalue weighted by Crippen LogP contribution is 2.33. The Morgan fingerprint density at radius 2 is 1.82 bits per heavy atom. The number of benzene rings is 1. The highest BCUT2D eigenvalue weighted by molar-refractivity contribution is 5.16. The van der Waals surface area contributed by atoms with Crippen LogP contribution >= 0.6 is 0 Å². The van der Waals surface area contributed by atoms with Gasteiger partial charge < -0.3 is 0 Å². The van der Waals surface area contributed by atoms with Gasteiger partial charge in [-0.05, 0) is 74.1 Å². The molecule has 1 nitrogen and oxygen atoms in total. The second-order valence-corrected chi connectivity index (χ2v) is 6.28. The number of allylic oxidation sites excluding steroid dienone is 2. The van der Waals surface area contributed by atoms with E-state index in [0.717, 1.165) is 44.4 Å². The average Bonchev–Trinajstić information content (AvgIpc) is 2.54. The summed E-state index contributed by atoms with van der Waals surface area (Å²) in [5.41, 5.74) is 1.20. The molecular weight excluding hydrogens is 280 g/mol. The van der Waals surface area contributed by atoms with Crippen LogP contribution in [0.5, 0.6) is 0 Å². The van der Waals surface area contributed by atoms with Gasteiger partial charge in [0.2, 0.25) is 0 Å². The maximum atomic E-state index is 12.9. The fourth-order valence-corrected chi connectivity index (χ4v) is 3.30. The van der Waals surface area contributed by atoms with Gasteiger partial charge in [-0.15, -0.1) is 0 Å². The summed E-state index contributed by atoms with van der Waals surface area (Å²) < 4.78 is 25.7. The molecule has 0 spiro atoms. The van der Waals surface area contributed by atoms with Crippen LogP contribution in [0.1, 0.15) is 50.5 Å². The molecule has 22 heavy (non-hydrogen) atoms. The molecule has 0 heterocycles. The van der Waals surface area contributed by atoms with Crippen molar-refractivity contribution in [3.05, 3.63) is 47.5 Å². The summed E-state index contributed by atoms with van der Waals surface area (Å²) in [7, 11) is 0. The Balaban J connectivity index is 1.61. The van der Waals surface area contributed by atoms with E-state index < -0.39 is 5.83 Å². The van der Waals surface area contributed by atoms with E-state index >= 15 is 0 Å². The molecule has 2 rings (SSSR count). The number of hydrogen-bond acceptors (Lipinski definition) is 1. The fourth-order valence-electron chi connectivity index (χ4n) is 3.30. The molecule has 118 valence electrons. The summed E-state index contributed by atoms with van der Waals surface area (Å²) in [5.74, 6) is 0.170. The summed E-state index contributed by atoms with van der Waals surface area (Å²) in [6, 6.07) is 8.31. The minimum atomic E-state index is -0.636. The molecule has 1 fully saturated rings. The quantitative estimate of drug-likeness (QED) is 0.487. The van der Waals surface area contributed by atoms with E-state index in [4.69, 9.17) is 5.26 Å². The first kappa shape index (κ1) is 16.7. The van der Waals surface area contributed by atoms with Crippen molar-refractivity contribution in [2.24, 2.45) is 11.8 Å². The van der Waals surface area contributed by atoms with Crippen LogP contribution in [-0.4, -0.2) is 0 Å². The standard InChI is InChI=1S/C19H23F2N/c20-18-11-9-16(10-12-18)4-2-1-3-15-5-7-17(8-6-15)13-19(21)14-22/h9-13,15,17H,1-8H2/b19-13-. The molecule has 1 aromatic rings. The first-order valence-electron chi connectivity index (χ1n) is 8.19. The van der Waals surface area contributed by atoms with Crippen LogP contribution in [0.2, 0.25) is 0 Å². The third-order valence-electron chi connectivity index (χ3n) is 4.62. The van der Waals surface area contributed by atoms with Crippen molar-refractivity contribution < 1.29 is 8.78 Å². The van der Waals surface area contributed by atoms with Gasteiger partial charge in [0, 0.05) is 0 Å². The second kappa shape index (κ2) is 8.68.